The highest BCUT2D eigenvalue weighted by molar-refractivity contribution is 5.79. The van der Waals surface area contributed by atoms with E-state index >= 15 is 0 Å². The van der Waals surface area contributed by atoms with Crippen LogP contribution in [-0.2, 0) is 11.2 Å². The van der Waals surface area contributed by atoms with Gasteiger partial charge in [0.2, 0.25) is 5.91 Å². The van der Waals surface area contributed by atoms with E-state index in [-0.39, 0.29) is 11.4 Å². The van der Waals surface area contributed by atoms with E-state index in [9.17, 15) is 4.79 Å². The van der Waals surface area contributed by atoms with Gasteiger partial charge in [0.05, 0.1) is 6.42 Å². The average Bonchev–Trinajstić information content (AvgIpc) is 2.22. The Hall–Kier alpha value is -1.35. The lowest BCUT2D eigenvalue weighted by Gasteiger charge is -2.25. The van der Waals surface area contributed by atoms with Crippen molar-refractivity contribution in [1.82, 2.24) is 5.32 Å². The molecule has 0 saturated carbocycles. The number of hydrogen-bond donors (Lipinski definition) is 2. The summed E-state index contributed by atoms with van der Waals surface area (Å²) in [5.74, 6) is 0.0525. The third kappa shape index (κ3) is 4.49. The molecule has 0 saturated heterocycles. The molecule has 0 spiro atoms. The summed E-state index contributed by atoms with van der Waals surface area (Å²) in [6.07, 6.45) is 1.21. The molecule has 0 fully saturated rings. The van der Waals surface area contributed by atoms with Crippen LogP contribution in [0.25, 0.3) is 0 Å². The summed E-state index contributed by atoms with van der Waals surface area (Å²) in [7, 11) is 0. The van der Waals surface area contributed by atoms with E-state index in [2.05, 4.69) is 31.3 Å². The summed E-state index contributed by atoms with van der Waals surface area (Å²) in [4.78, 5) is 11.9. The zero-order valence-electron chi connectivity index (χ0n) is 11.8. The number of rotatable bonds is 5. The van der Waals surface area contributed by atoms with Crippen molar-refractivity contribution in [3.8, 4) is 0 Å². The van der Waals surface area contributed by atoms with Crippen molar-refractivity contribution < 1.29 is 4.79 Å². The van der Waals surface area contributed by atoms with E-state index in [1.54, 1.807) is 0 Å². The second-order valence-corrected chi connectivity index (χ2v) is 5.57. The molecule has 0 aliphatic carbocycles. The molecule has 0 aromatic heterocycles. The van der Waals surface area contributed by atoms with Gasteiger partial charge in [0, 0.05) is 5.54 Å². The zero-order chi connectivity index (χ0) is 13.8. The molecule has 1 rings (SSSR count). The molecule has 1 aromatic carbocycles. The molecule has 0 radical (unpaired) electrons. The standard InChI is InChI=1S/C15H24N2O/c1-11-5-6-13(9-12(11)2)10-14(18)17-15(3,4)7-8-16/h5-6,9H,7-8,10,16H2,1-4H3,(H,17,18). The van der Waals surface area contributed by atoms with Crippen molar-refractivity contribution in [1.29, 1.82) is 0 Å². The van der Waals surface area contributed by atoms with Gasteiger partial charge in [-0.05, 0) is 57.4 Å². The van der Waals surface area contributed by atoms with Crippen molar-refractivity contribution in [3.05, 3.63) is 34.9 Å². The van der Waals surface area contributed by atoms with Crippen LogP contribution in [0.4, 0.5) is 0 Å². The quantitative estimate of drug-likeness (QED) is 0.838. The van der Waals surface area contributed by atoms with E-state index in [1.807, 2.05) is 19.9 Å². The fraction of sp³-hybridized carbons (Fsp3) is 0.533. The number of carbonyl (C=O) groups excluding carboxylic acids is 1. The zero-order valence-corrected chi connectivity index (χ0v) is 11.8. The lowest BCUT2D eigenvalue weighted by atomic mass is 9.99. The van der Waals surface area contributed by atoms with Gasteiger partial charge in [-0.1, -0.05) is 18.2 Å². The summed E-state index contributed by atoms with van der Waals surface area (Å²) in [5, 5.41) is 3.02. The normalized spacial score (nSPS) is 11.4. The molecular weight excluding hydrogens is 224 g/mol. The van der Waals surface area contributed by atoms with Crippen LogP contribution >= 0.6 is 0 Å². The molecule has 18 heavy (non-hydrogen) atoms. The first-order valence-electron chi connectivity index (χ1n) is 6.41. The number of aryl methyl sites for hydroxylation is 2. The maximum atomic E-state index is 11.9. The van der Waals surface area contributed by atoms with Crippen LogP contribution in [0.1, 0.15) is 37.0 Å². The Labute approximate surface area is 110 Å². The summed E-state index contributed by atoms with van der Waals surface area (Å²) >= 11 is 0. The Morgan fingerprint density at radius 1 is 1.28 bits per heavy atom. The number of nitrogens with two attached hydrogens (primary N) is 1. The minimum Gasteiger partial charge on any atom is -0.351 e. The van der Waals surface area contributed by atoms with Gasteiger partial charge in [-0.3, -0.25) is 4.79 Å². The molecule has 0 heterocycles. The van der Waals surface area contributed by atoms with Gasteiger partial charge in [-0.25, -0.2) is 0 Å². The van der Waals surface area contributed by atoms with E-state index in [4.69, 9.17) is 5.73 Å². The summed E-state index contributed by atoms with van der Waals surface area (Å²) in [6.45, 7) is 8.71. The lowest BCUT2D eigenvalue weighted by molar-refractivity contribution is -0.122. The predicted molar refractivity (Wildman–Crippen MR) is 75.5 cm³/mol. The van der Waals surface area contributed by atoms with Gasteiger partial charge < -0.3 is 11.1 Å². The summed E-state index contributed by atoms with van der Waals surface area (Å²) in [6, 6.07) is 6.14. The van der Waals surface area contributed by atoms with E-state index in [1.165, 1.54) is 11.1 Å². The Bertz CT molecular complexity index is 425. The van der Waals surface area contributed by atoms with Crippen molar-refractivity contribution >= 4 is 5.91 Å². The maximum absolute atomic E-state index is 11.9. The first kappa shape index (κ1) is 14.7. The largest absolute Gasteiger partial charge is 0.351 e. The molecule has 3 heteroatoms. The Balaban J connectivity index is 2.62. The number of carbonyl (C=O) groups is 1. The molecule has 1 amide bonds. The van der Waals surface area contributed by atoms with Crippen LogP contribution in [0.15, 0.2) is 18.2 Å². The van der Waals surface area contributed by atoms with Crippen molar-refractivity contribution in [2.75, 3.05) is 6.54 Å². The first-order chi connectivity index (χ1) is 8.34. The van der Waals surface area contributed by atoms with Crippen LogP contribution in [0.2, 0.25) is 0 Å². The minimum atomic E-state index is -0.231. The fourth-order valence-corrected chi connectivity index (χ4v) is 1.94. The molecule has 0 aliphatic heterocycles. The topological polar surface area (TPSA) is 55.1 Å². The van der Waals surface area contributed by atoms with Crippen LogP contribution in [0, 0.1) is 13.8 Å². The highest BCUT2D eigenvalue weighted by Crippen LogP contribution is 2.12. The highest BCUT2D eigenvalue weighted by atomic mass is 16.1. The van der Waals surface area contributed by atoms with Crippen molar-refractivity contribution in [2.45, 2.75) is 46.1 Å². The molecular formula is C15H24N2O. The molecule has 3 nitrogen and oxygen atoms in total. The molecule has 0 unspecified atom stereocenters. The van der Waals surface area contributed by atoms with Gasteiger partial charge in [-0.2, -0.15) is 0 Å². The second-order valence-electron chi connectivity index (χ2n) is 5.57. The molecule has 0 atom stereocenters. The van der Waals surface area contributed by atoms with E-state index in [0.29, 0.717) is 13.0 Å². The van der Waals surface area contributed by atoms with Crippen LogP contribution in [0.3, 0.4) is 0 Å². The van der Waals surface area contributed by atoms with Crippen molar-refractivity contribution in [3.63, 3.8) is 0 Å². The van der Waals surface area contributed by atoms with E-state index in [0.717, 1.165) is 12.0 Å². The smallest absolute Gasteiger partial charge is 0.224 e. The third-order valence-corrected chi connectivity index (χ3v) is 3.18. The Morgan fingerprint density at radius 2 is 1.94 bits per heavy atom. The van der Waals surface area contributed by atoms with Crippen molar-refractivity contribution in [2.24, 2.45) is 5.73 Å². The Kier molecular flexibility index (Phi) is 4.91. The summed E-state index contributed by atoms with van der Waals surface area (Å²) in [5.41, 5.74) is 8.83. The number of benzene rings is 1. The maximum Gasteiger partial charge on any atom is 0.224 e. The highest BCUT2D eigenvalue weighted by Gasteiger charge is 2.19. The SMILES string of the molecule is Cc1ccc(CC(=O)NC(C)(C)CCN)cc1C. The number of hydrogen-bond acceptors (Lipinski definition) is 2. The minimum absolute atomic E-state index is 0.0525. The number of amides is 1. The Morgan fingerprint density at radius 3 is 2.50 bits per heavy atom. The van der Waals surface area contributed by atoms with Gasteiger partial charge >= 0.3 is 0 Å². The molecule has 0 aliphatic rings. The van der Waals surface area contributed by atoms with Crippen LogP contribution in [-0.4, -0.2) is 18.0 Å². The van der Waals surface area contributed by atoms with Gasteiger partial charge in [-0.15, -0.1) is 0 Å². The molecule has 0 bridgehead atoms. The fourth-order valence-electron chi connectivity index (χ4n) is 1.94. The van der Waals surface area contributed by atoms with Crippen LogP contribution in [0.5, 0.6) is 0 Å². The van der Waals surface area contributed by atoms with E-state index < -0.39 is 0 Å². The molecule has 100 valence electrons. The second kappa shape index (κ2) is 6.01. The molecule has 1 aromatic rings. The average molecular weight is 248 g/mol. The van der Waals surface area contributed by atoms with Gasteiger partial charge in [0.1, 0.15) is 0 Å². The number of nitrogens with one attached hydrogen (secondary N) is 1. The third-order valence-electron chi connectivity index (χ3n) is 3.18. The lowest BCUT2D eigenvalue weighted by Crippen LogP contribution is -2.45. The monoisotopic (exact) mass is 248 g/mol. The van der Waals surface area contributed by atoms with Crippen LogP contribution < -0.4 is 11.1 Å². The summed E-state index contributed by atoms with van der Waals surface area (Å²) < 4.78 is 0. The molecule has 3 N–H and O–H groups in total. The first-order valence-corrected chi connectivity index (χ1v) is 6.41. The van der Waals surface area contributed by atoms with Gasteiger partial charge in [0.25, 0.3) is 0 Å². The predicted octanol–water partition coefficient (Wildman–Crippen LogP) is 2.09. The van der Waals surface area contributed by atoms with Gasteiger partial charge in [0.15, 0.2) is 0 Å².